The second kappa shape index (κ2) is 2.30. The monoisotopic (exact) mass is 210 g/mol. The van der Waals surface area contributed by atoms with Gasteiger partial charge in [-0.15, -0.1) is 0 Å². The molecule has 0 bridgehead atoms. The minimum atomic E-state index is -0.967. The number of carbonyl (C=O) groups excluding carboxylic acids is 1. The molecule has 0 aromatic heterocycles. The van der Waals surface area contributed by atoms with Crippen molar-refractivity contribution in [3.05, 3.63) is 0 Å². The lowest BCUT2D eigenvalue weighted by Crippen LogP contribution is -2.22. The Morgan fingerprint density at radius 3 is 1.67 bits per heavy atom. The van der Waals surface area contributed by atoms with Crippen LogP contribution in [0, 0.1) is 5.41 Å². The zero-order valence-corrected chi connectivity index (χ0v) is 9.08. The smallest absolute Gasteiger partial charge is 0.303 e. The summed E-state index contributed by atoms with van der Waals surface area (Å²) in [6.45, 7) is 6.84. The summed E-state index contributed by atoms with van der Waals surface area (Å²) in [7, 11) is 0. The molecule has 0 heterocycles. The van der Waals surface area contributed by atoms with Crippen molar-refractivity contribution < 1.29 is 9.53 Å². The first-order valence-electron chi connectivity index (χ1n) is 3.74. The maximum Gasteiger partial charge on any atom is 0.303 e. The minimum absolute atomic E-state index is 0.353. The fraction of sp³-hybridized carbons (Fsp3) is 0.875. The molecule has 0 aliphatic heterocycles. The SMILES string of the molecule is CC(=O)OC1(C)C(C)(C)C1(Cl)Cl. The minimum Gasteiger partial charge on any atom is -0.456 e. The fourth-order valence-electron chi connectivity index (χ4n) is 1.41. The summed E-state index contributed by atoms with van der Waals surface area (Å²) >= 11 is 11.9. The van der Waals surface area contributed by atoms with Crippen LogP contribution >= 0.6 is 23.2 Å². The number of alkyl halides is 2. The van der Waals surface area contributed by atoms with E-state index in [-0.39, 0.29) is 11.4 Å². The van der Waals surface area contributed by atoms with E-state index in [1.54, 1.807) is 6.92 Å². The largest absolute Gasteiger partial charge is 0.456 e. The Kier molecular flexibility index (Phi) is 1.94. The number of carbonyl (C=O) groups is 1. The van der Waals surface area contributed by atoms with Crippen LogP contribution < -0.4 is 0 Å². The predicted octanol–water partition coefficient (Wildman–Crippen LogP) is 2.52. The average Bonchev–Trinajstić information content (AvgIpc) is 2.08. The van der Waals surface area contributed by atoms with Crippen LogP contribution in [0.2, 0.25) is 0 Å². The molecule has 1 rings (SSSR count). The Bertz CT molecular complexity index is 219. The van der Waals surface area contributed by atoms with Gasteiger partial charge in [0, 0.05) is 12.3 Å². The maximum absolute atomic E-state index is 10.7. The highest BCUT2D eigenvalue weighted by Gasteiger charge is 2.82. The first-order chi connectivity index (χ1) is 5.17. The van der Waals surface area contributed by atoms with Gasteiger partial charge in [0.25, 0.3) is 0 Å². The third-order valence-electron chi connectivity index (χ3n) is 2.86. The zero-order chi connectivity index (χ0) is 9.78. The molecule has 0 radical (unpaired) electrons. The zero-order valence-electron chi connectivity index (χ0n) is 7.57. The quantitative estimate of drug-likeness (QED) is 0.492. The Morgan fingerprint density at radius 2 is 1.58 bits per heavy atom. The van der Waals surface area contributed by atoms with Crippen molar-refractivity contribution in [2.24, 2.45) is 5.41 Å². The summed E-state index contributed by atoms with van der Waals surface area (Å²) in [5, 5.41) is 0. The van der Waals surface area contributed by atoms with Crippen LogP contribution in [0.4, 0.5) is 0 Å². The van der Waals surface area contributed by atoms with Gasteiger partial charge in [-0.1, -0.05) is 37.0 Å². The third kappa shape index (κ3) is 0.912. The first-order valence-corrected chi connectivity index (χ1v) is 4.50. The molecule has 0 amide bonds. The van der Waals surface area contributed by atoms with Crippen molar-refractivity contribution in [1.29, 1.82) is 0 Å². The summed E-state index contributed by atoms with van der Waals surface area (Å²) < 4.78 is 4.11. The van der Waals surface area contributed by atoms with Gasteiger partial charge in [0.05, 0.1) is 0 Å². The van der Waals surface area contributed by atoms with Gasteiger partial charge in [-0.05, 0) is 6.92 Å². The van der Waals surface area contributed by atoms with Crippen LogP contribution in [0.5, 0.6) is 0 Å². The van der Waals surface area contributed by atoms with E-state index >= 15 is 0 Å². The molecule has 0 saturated heterocycles. The molecule has 0 N–H and O–H groups in total. The van der Waals surface area contributed by atoms with Gasteiger partial charge < -0.3 is 4.74 Å². The molecule has 1 unspecified atom stereocenters. The average molecular weight is 211 g/mol. The van der Waals surface area contributed by atoms with E-state index < -0.39 is 9.93 Å². The van der Waals surface area contributed by atoms with E-state index in [0.717, 1.165) is 0 Å². The molecule has 70 valence electrons. The number of hydrogen-bond acceptors (Lipinski definition) is 2. The highest BCUT2D eigenvalue weighted by Crippen LogP contribution is 2.73. The topological polar surface area (TPSA) is 26.3 Å². The Balaban J connectivity index is 2.85. The Hall–Kier alpha value is 0.0500. The first kappa shape index (κ1) is 10.1. The van der Waals surface area contributed by atoms with Crippen molar-refractivity contribution in [2.45, 2.75) is 37.6 Å². The molecule has 1 aliphatic carbocycles. The lowest BCUT2D eigenvalue weighted by Gasteiger charge is -2.13. The van der Waals surface area contributed by atoms with Gasteiger partial charge in [-0.2, -0.15) is 0 Å². The van der Waals surface area contributed by atoms with Crippen LogP contribution in [-0.2, 0) is 9.53 Å². The second-order valence-electron chi connectivity index (χ2n) is 3.83. The molecule has 12 heavy (non-hydrogen) atoms. The number of ether oxygens (including phenoxy) is 1. The van der Waals surface area contributed by atoms with Gasteiger partial charge in [0.1, 0.15) is 0 Å². The summed E-state index contributed by atoms with van der Waals surface area (Å²) in [5.41, 5.74) is -1.14. The van der Waals surface area contributed by atoms with Gasteiger partial charge in [-0.25, -0.2) is 0 Å². The van der Waals surface area contributed by atoms with E-state index in [9.17, 15) is 4.79 Å². The van der Waals surface area contributed by atoms with Crippen LogP contribution in [0.15, 0.2) is 0 Å². The molecule has 1 saturated carbocycles. The highest BCUT2D eigenvalue weighted by atomic mass is 35.5. The van der Waals surface area contributed by atoms with Crippen LogP contribution in [0.3, 0.4) is 0 Å². The molecule has 1 aliphatic rings. The van der Waals surface area contributed by atoms with Gasteiger partial charge >= 0.3 is 5.97 Å². The third-order valence-corrected chi connectivity index (χ3v) is 4.53. The Morgan fingerprint density at radius 1 is 1.25 bits per heavy atom. The van der Waals surface area contributed by atoms with Gasteiger partial charge in [-0.3, -0.25) is 4.79 Å². The van der Waals surface area contributed by atoms with Crippen LogP contribution in [0.25, 0.3) is 0 Å². The summed E-state index contributed by atoms with van der Waals surface area (Å²) in [6, 6.07) is 0. The lowest BCUT2D eigenvalue weighted by molar-refractivity contribution is -0.149. The molecular formula is C8H12Cl2O2. The molecule has 0 aromatic rings. The number of esters is 1. The number of halogens is 2. The summed E-state index contributed by atoms with van der Waals surface area (Å²) in [6.07, 6.45) is 0. The van der Waals surface area contributed by atoms with E-state index in [2.05, 4.69) is 0 Å². The lowest BCUT2D eigenvalue weighted by atomic mass is 10.1. The molecule has 0 aromatic carbocycles. The number of rotatable bonds is 1. The van der Waals surface area contributed by atoms with E-state index in [0.29, 0.717) is 0 Å². The van der Waals surface area contributed by atoms with E-state index in [1.807, 2.05) is 13.8 Å². The predicted molar refractivity (Wildman–Crippen MR) is 48.4 cm³/mol. The second-order valence-corrected chi connectivity index (χ2v) is 5.15. The molecule has 1 atom stereocenters. The number of hydrogen-bond donors (Lipinski definition) is 0. The van der Waals surface area contributed by atoms with Crippen LogP contribution in [-0.4, -0.2) is 15.9 Å². The fourth-order valence-corrected chi connectivity index (χ4v) is 2.23. The maximum atomic E-state index is 10.7. The molecular weight excluding hydrogens is 199 g/mol. The standard InChI is InChI=1S/C8H12Cl2O2/c1-5(11)12-7(4)6(2,3)8(7,9)10/h1-4H3. The van der Waals surface area contributed by atoms with Crippen LogP contribution in [0.1, 0.15) is 27.7 Å². The molecule has 4 heteroatoms. The summed E-state index contributed by atoms with van der Waals surface area (Å²) in [4.78, 5) is 10.7. The molecule has 0 spiro atoms. The van der Waals surface area contributed by atoms with E-state index in [4.69, 9.17) is 27.9 Å². The van der Waals surface area contributed by atoms with Gasteiger partial charge in [0.15, 0.2) is 9.93 Å². The van der Waals surface area contributed by atoms with Crippen molar-refractivity contribution in [3.8, 4) is 0 Å². The van der Waals surface area contributed by atoms with Crippen molar-refractivity contribution in [2.75, 3.05) is 0 Å². The van der Waals surface area contributed by atoms with Crippen molar-refractivity contribution in [1.82, 2.24) is 0 Å². The van der Waals surface area contributed by atoms with Gasteiger partial charge in [0.2, 0.25) is 0 Å². The summed E-state index contributed by atoms with van der Waals surface area (Å²) in [5.74, 6) is -0.353. The Labute approximate surface area is 82.2 Å². The van der Waals surface area contributed by atoms with E-state index in [1.165, 1.54) is 6.92 Å². The van der Waals surface area contributed by atoms with Crippen molar-refractivity contribution >= 4 is 29.2 Å². The molecule has 2 nitrogen and oxygen atoms in total. The van der Waals surface area contributed by atoms with Crippen molar-refractivity contribution in [3.63, 3.8) is 0 Å². The molecule has 1 fully saturated rings. The normalized spacial score (nSPS) is 35.8. The highest BCUT2D eigenvalue weighted by molar-refractivity contribution is 6.53.